The summed E-state index contributed by atoms with van der Waals surface area (Å²) in [6, 6.07) is 15.7. The van der Waals surface area contributed by atoms with Crippen molar-refractivity contribution in [3.05, 3.63) is 54.1 Å². The highest BCUT2D eigenvalue weighted by Crippen LogP contribution is 2.48. The van der Waals surface area contributed by atoms with Crippen molar-refractivity contribution in [2.75, 3.05) is 13.2 Å². The van der Waals surface area contributed by atoms with E-state index in [0.29, 0.717) is 11.3 Å². The molecule has 1 aliphatic heterocycles. The Morgan fingerprint density at radius 1 is 1.07 bits per heavy atom. The van der Waals surface area contributed by atoms with Crippen LogP contribution in [0.2, 0.25) is 0 Å². The maximum Gasteiger partial charge on any atom is 0.251 e. The molecule has 2 fully saturated rings. The second-order valence-electron chi connectivity index (χ2n) is 7.65. The summed E-state index contributed by atoms with van der Waals surface area (Å²) < 4.78 is 11.0. The first kappa shape index (κ1) is 16.5. The number of fused-ring (bicyclic) bond motifs is 1. The number of nitrogens with one attached hydrogen (secondary N) is 1. The van der Waals surface area contributed by atoms with Gasteiger partial charge >= 0.3 is 0 Å². The minimum Gasteiger partial charge on any atom is -0.381 e. The highest BCUT2D eigenvalue weighted by Gasteiger charge is 2.48. The first-order valence-corrected chi connectivity index (χ1v) is 9.59. The molecule has 1 N–H and O–H groups in total. The summed E-state index contributed by atoms with van der Waals surface area (Å²) in [5.74, 6) is 0.678. The fourth-order valence-corrected chi connectivity index (χ4v) is 4.42. The molecule has 1 spiro atoms. The molecule has 0 bridgehead atoms. The van der Waals surface area contributed by atoms with Crippen LogP contribution in [0.3, 0.4) is 0 Å². The van der Waals surface area contributed by atoms with Gasteiger partial charge in [0, 0.05) is 30.4 Å². The summed E-state index contributed by atoms with van der Waals surface area (Å²) in [5, 5.41) is 8.26. The molecule has 2 aliphatic rings. The normalized spacial score (nSPS) is 21.1. The molecule has 3 aromatic rings. The zero-order valence-corrected chi connectivity index (χ0v) is 15.1. The Morgan fingerprint density at radius 3 is 2.63 bits per heavy atom. The third-order valence-electron chi connectivity index (χ3n) is 6.24. The van der Waals surface area contributed by atoms with E-state index in [-0.39, 0.29) is 17.4 Å². The average molecular weight is 362 g/mol. The second-order valence-corrected chi connectivity index (χ2v) is 7.65. The second kappa shape index (κ2) is 6.50. The summed E-state index contributed by atoms with van der Waals surface area (Å²) >= 11 is 0. The predicted molar refractivity (Wildman–Crippen MR) is 102 cm³/mol. The highest BCUT2D eigenvalue weighted by molar-refractivity contribution is 6.01. The molecule has 1 atom stereocenters. The van der Waals surface area contributed by atoms with Crippen LogP contribution in [0.5, 0.6) is 0 Å². The van der Waals surface area contributed by atoms with Gasteiger partial charge in [-0.15, -0.1) is 0 Å². The molecule has 138 valence electrons. The van der Waals surface area contributed by atoms with E-state index < -0.39 is 0 Å². The van der Waals surface area contributed by atoms with Gasteiger partial charge in [-0.1, -0.05) is 35.5 Å². The number of amides is 1. The first-order valence-electron chi connectivity index (χ1n) is 9.59. The quantitative estimate of drug-likeness (QED) is 0.759. The van der Waals surface area contributed by atoms with Crippen molar-refractivity contribution in [3.63, 3.8) is 0 Å². The number of benzene rings is 2. The lowest BCUT2D eigenvalue weighted by atomic mass is 9.60. The van der Waals surface area contributed by atoms with Gasteiger partial charge in [-0.3, -0.25) is 4.79 Å². The lowest BCUT2D eigenvalue weighted by Gasteiger charge is -2.52. The summed E-state index contributed by atoms with van der Waals surface area (Å²) in [7, 11) is 0. The molecule has 1 unspecified atom stereocenters. The SMILES string of the molecule is O=C(NC1CCC12CCOCC2)c1ccc2noc(-c3ccccc3)c2c1. The third-order valence-corrected chi connectivity index (χ3v) is 6.24. The van der Waals surface area contributed by atoms with E-state index in [1.807, 2.05) is 48.5 Å². The van der Waals surface area contributed by atoms with Gasteiger partial charge < -0.3 is 14.6 Å². The lowest BCUT2D eigenvalue weighted by molar-refractivity contribution is -0.0523. The van der Waals surface area contributed by atoms with Gasteiger partial charge in [0.1, 0.15) is 5.52 Å². The topological polar surface area (TPSA) is 64.4 Å². The Hall–Kier alpha value is -2.66. The molecular formula is C22H22N2O3. The Bertz CT molecular complexity index is 974. The molecule has 0 radical (unpaired) electrons. The molecule has 1 saturated carbocycles. The molecule has 2 heterocycles. The van der Waals surface area contributed by atoms with Crippen LogP contribution in [-0.4, -0.2) is 30.3 Å². The minimum absolute atomic E-state index is 0.0207. The molecule has 1 amide bonds. The van der Waals surface area contributed by atoms with E-state index in [2.05, 4.69) is 10.5 Å². The van der Waals surface area contributed by atoms with E-state index in [9.17, 15) is 4.79 Å². The molecule has 5 heteroatoms. The molecule has 5 rings (SSSR count). The zero-order valence-electron chi connectivity index (χ0n) is 15.1. The summed E-state index contributed by atoms with van der Waals surface area (Å²) in [5.41, 5.74) is 2.61. The van der Waals surface area contributed by atoms with Crippen molar-refractivity contribution in [2.24, 2.45) is 5.41 Å². The van der Waals surface area contributed by atoms with Crippen LogP contribution >= 0.6 is 0 Å². The van der Waals surface area contributed by atoms with Crippen molar-refractivity contribution < 1.29 is 14.1 Å². The van der Waals surface area contributed by atoms with Gasteiger partial charge in [0.2, 0.25) is 0 Å². The van der Waals surface area contributed by atoms with Gasteiger partial charge in [0.05, 0.1) is 5.39 Å². The van der Waals surface area contributed by atoms with Crippen LogP contribution in [0.1, 0.15) is 36.0 Å². The van der Waals surface area contributed by atoms with Gasteiger partial charge in [0.25, 0.3) is 5.91 Å². The van der Waals surface area contributed by atoms with E-state index in [0.717, 1.165) is 48.9 Å². The summed E-state index contributed by atoms with van der Waals surface area (Å²) in [6.45, 7) is 1.61. The number of carbonyl (C=O) groups excluding carboxylic acids is 1. The standard InChI is InChI=1S/C22H22N2O3/c25-21(23-19-8-9-22(19)10-12-26-13-11-22)16-6-7-18-17(14-16)20(27-24-18)15-4-2-1-3-5-15/h1-7,14,19H,8-13H2,(H,23,25). The highest BCUT2D eigenvalue weighted by atomic mass is 16.5. The largest absolute Gasteiger partial charge is 0.381 e. The van der Waals surface area contributed by atoms with Crippen molar-refractivity contribution in [1.29, 1.82) is 0 Å². The van der Waals surface area contributed by atoms with E-state index in [4.69, 9.17) is 9.26 Å². The maximum atomic E-state index is 12.9. The Labute approximate surface area is 157 Å². The summed E-state index contributed by atoms with van der Waals surface area (Å²) in [4.78, 5) is 12.9. The number of hydrogen-bond acceptors (Lipinski definition) is 4. The molecule has 1 aliphatic carbocycles. The number of rotatable bonds is 3. The molecule has 2 aromatic carbocycles. The van der Waals surface area contributed by atoms with Gasteiger partial charge in [-0.05, 0) is 49.3 Å². The van der Waals surface area contributed by atoms with Gasteiger partial charge in [-0.25, -0.2) is 0 Å². The zero-order chi connectivity index (χ0) is 18.3. The molecule has 1 saturated heterocycles. The van der Waals surface area contributed by atoms with Crippen LogP contribution < -0.4 is 5.32 Å². The number of hydrogen-bond donors (Lipinski definition) is 1. The van der Waals surface area contributed by atoms with Crippen molar-refractivity contribution in [1.82, 2.24) is 10.5 Å². The van der Waals surface area contributed by atoms with Crippen molar-refractivity contribution in [2.45, 2.75) is 31.7 Å². The van der Waals surface area contributed by atoms with Crippen LogP contribution in [0.15, 0.2) is 53.1 Å². The van der Waals surface area contributed by atoms with Crippen LogP contribution in [0.4, 0.5) is 0 Å². The number of carbonyl (C=O) groups is 1. The van der Waals surface area contributed by atoms with Crippen LogP contribution in [0.25, 0.3) is 22.2 Å². The average Bonchev–Trinajstić information content (AvgIpc) is 3.15. The Kier molecular flexibility index (Phi) is 3.97. The van der Waals surface area contributed by atoms with Crippen molar-refractivity contribution >= 4 is 16.8 Å². The predicted octanol–water partition coefficient (Wildman–Crippen LogP) is 4.18. The molecule has 27 heavy (non-hydrogen) atoms. The van der Waals surface area contributed by atoms with E-state index in [1.165, 1.54) is 6.42 Å². The molecule has 1 aromatic heterocycles. The Balaban J connectivity index is 1.41. The fourth-order valence-electron chi connectivity index (χ4n) is 4.42. The number of ether oxygens (including phenoxy) is 1. The smallest absolute Gasteiger partial charge is 0.251 e. The molecular weight excluding hydrogens is 340 g/mol. The Morgan fingerprint density at radius 2 is 1.89 bits per heavy atom. The lowest BCUT2D eigenvalue weighted by Crippen LogP contribution is -2.57. The van der Waals surface area contributed by atoms with Crippen molar-refractivity contribution in [3.8, 4) is 11.3 Å². The third kappa shape index (κ3) is 2.82. The maximum absolute atomic E-state index is 12.9. The number of aromatic nitrogens is 1. The number of nitrogens with zero attached hydrogens (tertiary/aromatic N) is 1. The first-order chi connectivity index (χ1) is 13.3. The minimum atomic E-state index is -0.0207. The van der Waals surface area contributed by atoms with E-state index in [1.54, 1.807) is 0 Å². The van der Waals surface area contributed by atoms with Crippen LogP contribution in [0, 0.1) is 5.41 Å². The van der Waals surface area contributed by atoms with Gasteiger partial charge in [-0.2, -0.15) is 0 Å². The summed E-state index contributed by atoms with van der Waals surface area (Å²) in [6.07, 6.45) is 4.32. The fraction of sp³-hybridized carbons (Fsp3) is 0.364. The van der Waals surface area contributed by atoms with Crippen LogP contribution in [-0.2, 0) is 4.74 Å². The van der Waals surface area contributed by atoms with E-state index >= 15 is 0 Å². The monoisotopic (exact) mass is 362 g/mol. The van der Waals surface area contributed by atoms with Gasteiger partial charge in [0.15, 0.2) is 5.76 Å². The molecule has 5 nitrogen and oxygen atoms in total.